The van der Waals surface area contributed by atoms with Crippen molar-refractivity contribution < 1.29 is 4.79 Å². The van der Waals surface area contributed by atoms with Crippen LogP contribution in [-0.4, -0.2) is 46.5 Å². The van der Waals surface area contributed by atoms with Crippen LogP contribution in [-0.2, 0) is 6.42 Å². The van der Waals surface area contributed by atoms with Crippen LogP contribution in [0.15, 0.2) is 85.2 Å². The van der Waals surface area contributed by atoms with Gasteiger partial charge in [0.15, 0.2) is 0 Å². The van der Waals surface area contributed by atoms with Crippen LogP contribution in [0.25, 0.3) is 10.8 Å². The first kappa shape index (κ1) is 18.4. The first-order chi connectivity index (χ1) is 14.8. The molecule has 0 aliphatic carbocycles. The van der Waals surface area contributed by atoms with E-state index in [1.54, 1.807) is 6.20 Å². The van der Waals surface area contributed by atoms with Crippen LogP contribution >= 0.6 is 0 Å². The van der Waals surface area contributed by atoms with E-state index in [9.17, 15) is 4.79 Å². The summed E-state index contributed by atoms with van der Waals surface area (Å²) < 4.78 is 0. The number of piperazine rings is 1. The third-order valence-corrected chi connectivity index (χ3v) is 5.86. The van der Waals surface area contributed by atoms with Crippen LogP contribution in [0.5, 0.6) is 0 Å². The number of hydrogen-bond donors (Lipinski definition) is 1. The minimum Gasteiger partial charge on any atom is -0.336 e. The van der Waals surface area contributed by atoms with E-state index in [4.69, 9.17) is 0 Å². The summed E-state index contributed by atoms with van der Waals surface area (Å²) in [5.41, 5.74) is 2.04. The molecule has 1 saturated heterocycles. The van der Waals surface area contributed by atoms with Crippen LogP contribution in [0.4, 0.5) is 5.95 Å². The number of fused-ring (bicyclic) bond motifs is 1. The van der Waals surface area contributed by atoms with Gasteiger partial charge in [0.1, 0.15) is 0 Å². The maximum atomic E-state index is 13.5. The topological polar surface area (TPSA) is 52.2 Å². The third-order valence-electron chi connectivity index (χ3n) is 5.86. The van der Waals surface area contributed by atoms with Crippen molar-refractivity contribution >= 4 is 22.6 Å². The van der Waals surface area contributed by atoms with Gasteiger partial charge in [0.2, 0.25) is 5.95 Å². The number of imidazole rings is 1. The first-order valence-electron chi connectivity index (χ1n) is 10.4. The second-order valence-electron chi connectivity index (χ2n) is 7.73. The van der Waals surface area contributed by atoms with Crippen molar-refractivity contribution in [2.45, 2.75) is 12.5 Å². The fraction of sp³-hybridized carbons (Fsp3) is 0.200. The number of amides is 1. The third kappa shape index (κ3) is 3.54. The number of anilines is 1. The number of nitrogens with one attached hydrogen (secondary N) is 1. The molecular weight excluding hydrogens is 372 g/mol. The van der Waals surface area contributed by atoms with Gasteiger partial charge in [-0.05, 0) is 28.8 Å². The summed E-state index contributed by atoms with van der Waals surface area (Å²) in [6.45, 7) is 2.09. The predicted molar refractivity (Wildman–Crippen MR) is 120 cm³/mol. The van der Waals surface area contributed by atoms with Gasteiger partial charge in [-0.2, -0.15) is 0 Å². The Labute approximate surface area is 176 Å². The summed E-state index contributed by atoms with van der Waals surface area (Å²) in [6.07, 6.45) is 4.49. The van der Waals surface area contributed by atoms with Gasteiger partial charge < -0.3 is 14.8 Å². The molecule has 5 rings (SSSR count). The number of nitrogens with zero attached hydrogens (tertiary/aromatic N) is 3. The second-order valence-corrected chi connectivity index (χ2v) is 7.73. The number of carbonyl (C=O) groups excluding carboxylic acids is 1. The van der Waals surface area contributed by atoms with Crippen molar-refractivity contribution in [3.63, 3.8) is 0 Å². The monoisotopic (exact) mass is 396 g/mol. The van der Waals surface area contributed by atoms with E-state index >= 15 is 0 Å². The first-order valence-corrected chi connectivity index (χ1v) is 10.4. The molecule has 1 N–H and O–H groups in total. The van der Waals surface area contributed by atoms with Gasteiger partial charge in [-0.1, -0.05) is 66.7 Å². The minimum atomic E-state index is 0.101. The summed E-state index contributed by atoms with van der Waals surface area (Å²) >= 11 is 0. The molecule has 30 heavy (non-hydrogen) atoms. The normalized spacial score (nSPS) is 16.7. The molecule has 1 aliphatic rings. The van der Waals surface area contributed by atoms with E-state index in [0.29, 0.717) is 13.1 Å². The van der Waals surface area contributed by atoms with Crippen LogP contribution in [0.1, 0.15) is 15.9 Å². The van der Waals surface area contributed by atoms with Gasteiger partial charge in [0.25, 0.3) is 5.91 Å². The van der Waals surface area contributed by atoms with Gasteiger partial charge in [0.05, 0.1) is 6.04 Å². The molecule has 0 saturated carbocycles. The van der Waals surface area contributed by atoms with Crippen molar-refractivity contribution in [1.29, 1.82) is 0 Å². The van der Waals surface area contributed by atoms with E-state index in [1.807, 2.05) is 47.5 Å². The number of carbonyl (C=O) groups is 1. The molecule has 0 bridgehead atoms. The quantitative estimate of drug-likeness (QED) is 0.564. The zero-order valence-electron chi connectivity index (χ0n) is 16.7. The highest BCUT2D eigenvalue weighted by Gasteiger charge is 2.31. The predicted octanol–water partition coefficient (Wildman–Crippen LogP) is 4.14. The molecule has 0 radical (unpaired) electrons. The second kappa shape index (κ2) is 8.03. The number of aromatic nitrogens is 2. The van der Waals surface area contributed by atoms with Gasteiger partial charge in [-0.15, -0.1) is 0 Å². The largest absolute Gasteiger partial charge is 0.336 e. The van der Waals surface area contributed by atoms with Crippen molar-refractivity contribution in [1.82, 2.24) is 14.9 Å². The number of hydrogen-bond acceptors (Lipinski definition) is 3. The SMILES string of the molecule is O=C(c1cccc2ccccc12)N1CCN(c2ncc[nH]2)[C@@H](Cc2ccccc2)C1. The molecular formula is C25H24N4O. The Kier molecular flexibility index (Phi) is 4.93. The van der Waals surface area contributed by atoms with E-state index in [-0.39, 0.29) is 11.9 Å². The van der Waals surface area contributed by atoms with E-state index in [1.165, 1.54) is 5.56 Å². The highest BCUT2D eigenvalue weighted by atomic mass is 16.2. The Morgan fingerprint density at radius 1 is 0.967 bits per heavy atom. The Bertz CT molecular complexity index is 1140. The average Bonchev–Trinajstić information content (AvgIpc) is 3.34. The van der Waals surface area contributed by atoms with E-state index < -0.39 is 0 Å². The molecule has 1 aliphatic heterocycles. The molecule has 2 heterocycles. The summed E-state index contributed by atoms with van der Waals surface area (Å²) in [5, 5.41) is 2.11. The standard InChI is InChI=1S/C25H24N4O/c30-24(23-12-6-10-20-9-4-5-11-22(20)23)28-15-16-29(25-26-13-14-27-25)21(18-28)17-19-7-2-1-3-8-19/h1-14,21H,15-18H2,(H,26,27)/t21-/m0/s1. The number of H-pyrrole nitrogens is 1. The van der Waals surface area contributed by atoms with Gasteiger partial charge >= 0.3 is 0 Å². The molecule has 5 heteroatoms. The molecule has 1 fully saturated rings. The average molecular weight is 396 g/mol. The summed E-state index contributed by atoms with van der Waals surface area (Å²) in [5.74, 6) is 0.970. The molecule has 150 valence electrons. The Hall–Kier alpha value is -3.60. The lowest BCUT2D eigenvalue weighted by Crippen LogP contribution is -2.56. The van der Waals surface area contributed by atoms with Crippen LogP contribution in [0, 0.1) is 0 Å². The Morgan fingerprint density at radius 2 is 1.77 bits per heavy atom. The van der Waals surface area contributed by atoms with E-state index in [2.05, 4.69) is 51.3 Å². The summed E-state index contributed by atoms with van der Waals surface area (Å²) in [4.78, 5) is 25.5. The van der Waals surface area contributed by atoms with Gasteiger partial charge in [-0.3, -0.25) is 4.79 Å². The van der Waals surface area contributed by atoms with Crippen LogP contribution < -0.4 is 4.90 Å². The minimum absolute atomic E-state index is 0.101. The van der Waals surface area contributed by atoms with Crippen molar-refractivity contribution in [2.75, 3.05) is 24.5 Å². The number of aromatic amines is 1. The summed E-state index contributed by atoms with van der Waals surface area (Å²) in [7, 11) is 0. The molecule has 1 aromatic heterocycles. The Balaban J connectivity index is 1.43. The lowest BCUT2D eigenvalue weighted by atomic mass is 10.00. The van der Waals surface area contributed by atoms with Crippen LogP contribution in [0.2, 0.25) is 0 Å². The summed E-state index contributed by atoms with van der Waals surface area (Å²) in [6, 6.07) is 24.7. The maximum absolute atomic E-state index is 13.5. The highest BCUT2D eigenvalue weighted by Crippen LogP contribution is 2.24. The molecule has 1 amide bonds. The van der Waals surface area contributed by atoms with Crippen molar-refractivity contribution in [3.8, 4) is 0 Å². The molecule has 3 aromatic carbocycles. The van der Waals surface area contributed by atoms with Crippen molar-refractivity contribution in [3.05, 3.63) is 96.3 Å². The fourth-order valence-corrected chi connectivity index (χ4v) is 4.38. The lowest BCUT2D eigenvalue weighted by Gasteiger charge is -2.41. The fourth-order valence-electron chi connectivity index (χ4n) is 4.38. The highest BCUT2D eigenvalue weighted by molar-refractivity contribution is 6.07. The Morgan fingerprint density at radius 3 is 2.60 bits per heavy atom. The smallest absolute Gasteiger partial charge is 0.254 e. The molecule has 0 unspecified atom stereocenters. The molecule has 1 atom stereocenters. The van der Waals surface area contributed by atoms with Crippen molar-refractivity contribution in [2.24, 2.45) is 0 Å². The lowest BCUT2D eigenvalue weighted by molar-refractivity contribution is 0.0723. The number of rotatable bonds is 4. The molecule has 5 nitrogen and oxygen atoms in total. The zero-order valence-corrected chi connectivity index (χ0v) is 16.7. The number of benzene rings is 3. The van der Waals surface area contributed by atoms with E-state index in [0.717, 1.165) is 35.2 Å². The zero-order chi connectivity index (χ0) is 20.3. The molecule has 0 spiro atoms. The van der Waals surface area contributed by atoms with Gasteiger partial charge in [0, 0.05) is 37.6 Å². The maximum Gasteiger partial charge on any atom is 0.254 e. The van der Waals surface area contributed by atoms with Gasteiger partial charge in [-0.25, -0.2) is 4.98 Å². The van der Waals surface area contributed by atoms with Crippen LogP contribution in [0.3, 0.4) is 0 Å². The molecule has 4 aromatic rings.